The number of piperidine rings is 1. The monoisotopic (exact) mass is 554 g/mol. The number of carbonyl (C=O) groups excluding carboxylic acids is 3. The first-order valence-electron chi connectivity index (χ1n) is 13.2. The summed E-state index contributed by atoms with van der Waals surface area (Å²) in [5, 5.41) is 12.1. The van der Waals surface area contributed by atoms with Crippen molar-refractivity contribution in [2.75, 3.05) is 30.4 Å². The third-order valence-electron chi connectivity index (χ3n) is 7.83. The summed E-state index contributed by atoms with van der Waals surface area (Å²) < 4.78 is 0. The van der Waals surface area contributed by atoms with Gasteiger partial charge in [-0.25, -0.2) is 4.98 Å². The van der Waals surface area contributed by atoms with E-state index in [1.54, 1.807) is 17.0 Å². The van der Waals surface area contributed by atoms with Crippen LogP contribution in [0.3, 0.4) is 0 Å². The van der Waals surface area contributed by atoms with Gasteiger partial charge in [0.15, 0.2) is 0 Å². The summed E-state index contributed by atoms with van der Waals surface area (Å²) in [5.41, 5.74) is 6.02. The molecule has 1 saturated heterocycles. The highest BCUT2D eigenvalue weighted by Gasteiger charge is 2.39. The molecule has 1 atom stereocenters. The smallest absolute Gasteiger partial charge is 0.255 e. The maximum Gasteiger partial charge on any atom is 0.255 e. The summed E-state index contributed by atoms with van der Waals surface area (Å²) in [4.78, 5) is 47.8. The van der Waals surface area contributed by atoms with Crippen LogP contribution in [0.25, 0.3) is 11.1 Å². The van der Waals surface area contributed by atoms with Crippen LogP contribution in [0.5, 0.6) is 0 Å². The molecule has 0 aliphatic carbocycles. The summed E-state index contributed by atoms with van der Waals surface area (Å²) in [6.45, 7) is 1.73. The second-order valence-electron chi connectivity index (χ2n) is 10.6. The Bertz CT molecular complexity index is 1630. The van der Waals surface area contributed by atoms with Crippen molar-refractivity contribution in [3.63, 3.8) is 0 Å². The molecular formula is C30H27ClN6O3. The van der Waals surface area contributed by atoms with Crippen LogP contribution in [0.15, 0.2) is 42.5 Å². The first-order valence-corrected chi connectivity index (χ1v) is 13.5. The van der Waals surface area contributed by atoms with Crippen LogP contribution in [0.4, 0.5) is 11.6 Å². The second kappa shape index (κ2) is 9.96. The van der Waals surface area contributed by atoms with Crippen LogP contribution in [0, 0.1) is 11.3 Å². The Kier molecular flexibility index (Phi) is 6.43. The molecule has 9 nitrogen and oxygen atoms in total. The number of hydrogen-bond acceptors (Lipinski definition) is 7. The number of nitrogens with one attached hydrogen (secondary N) is 1. The van der Waals surface area contributed by atoms with E-state index in [2.05, 4.69) is 16.3 Å². The van der Waals surface area contributed by atoms with Crippen molar-refractivity contribution in [2.24, 2.45) is 0 Å². The van der Waals surface area contributed by atoms with E-state index in [4.69, 9.17) is 16.6 Å². The molecule has 1 aromatic heterocycles. The molecule has 2 aromatic carbocycles. The largest absolute Gasteiger partial charge is 0.363 e. The number of benzene rings is 2. The van der Waals surface area contributed by atoms with Crippen LogP contribution in [0.2, 0.25) is 5.02 Å². The Morgan fingerprint density at radius 2 is 1.88 bits per heavy atom. The van der Waals surface area contributed by atoms with Crippen molar-refractivity contribution in [2.45, 2.75) is 38.4 Å². The van der Waals surface area contributed by atoms with Crippen molar-refractivity contribution in [1.82, 2.24) is 15.2 Å². The maximum atomic E-state index is 13.1. The zero-order valence-corrected chi connectivity index (χ0v) is 23.0. The molecule has 0 spiro atoms. The molecule has 202 valence electrons. The van der Waals surface area contributed by atoms with Gasteiger partial charge in [0, 0.05) is 61.9 Å². The van der Waals surface area contributed by atoms with Gasteiger partial charge in [0.2, 0.25) is 11.8 Å². The van der Waals surface area contributed by atoms with Gasteiger partial charge in [0.25, 0.3) is 5.91 Å². The fraction of sp³-hybridized carbons (Fsp3) is 0.300. The summed E-state index contributed by atoms with van der Waals surface area (Å²) in [7, 11) is 3.90. The van der Waals surface area contributed by atoms with Gasteiger partial charge in [0.05, 0.1) is 11.6 Å². The number of nitrogens with zero attached hydrogens (tertiary/aromatic N) is 5. The minimum absolute atomic E-state index is 0.177. The van der Waals surface area contributed by atoms with Crippen molar-refractivity contribution >= 4 is 41.0 Å². The van der Waals surface area contributed by atoms with Crippen LogP contribution in [0.1, 0.15) is 45.5 Å². The Balaban J connectivity index is 1.29. The topological polar surface area (TPSA) is 110 Å². The van der Waals surface area contributed by atoms with E-state index >= 15 is 0 Å². The first-order chi connectivity index (χ1) is 19.2. The van der Waals surface area contributed by atoms with Gasteiger partial charge in [0.1, 0.15) is 17.7 Å². The van der Waals surface area contributed by atoms with E-state index in [9.17, 15) is 19.6 Å². The number of nitriles is 1. The van der Waals surface area contributed by atoms with Gasteiger partial charge in [-0.15, -0.1) is 0 Å². The van der Waals surface area contributed by atoms with Crippen molar-refractivity contribution < 1.29 is 14.4 Å². The number of pyridine rings is 1. The number of carbonyl (C=O) groups is 3. The number of imide groups is 1. The van der Waals surface area contributed by atoms with Crippen molar-refractivity contribution in [3.8, 4) is 17.2 Å². The van der Waals surface area contributed by atoms with Crippen LogP contribution < -0.4 is 15.1 Å². The number of rotatable bonds is 5. The highest BCUT2D eigenvalue weighted by Crippen LogP contribution is 2.41. The van der Waals surface area contributed by atoms with Gasteiger partial charge in [-0.2, -0.15) is 5.26 Å². The lowest BCUT2D eigenvalue weighted by atomic mass is 9.98. The quantitative estimate of drug-likeness (QED) is 0.479. The summed E-state index contributed by atoms with van der Waals surface area (Å²) in [6.07, 6.45) is 1.37. The van der Waals surface area contributed by atoms with Crippen LogP contribution in [-0.4, -0.2) is 54.3 Å². The molecule has 1 unspecified atom stereocenters. The number of anilines is 2. The SMILES string of the molecule is CN(C)c1cc(-c2ccc(C#N)cc2Cl)c2c(n1)N(Cc1ccc3c(c1)CN(C1CCC(=O)NC1=O)C3=O)CC2. The standard InChI is InChI=1S/C30H27ClN6O3/c1-35(2)26-13-23(21-6-3-17(14-32)12-24(21)31)22-9-10-36(28(22)33-26)15-18-4-5-20-19(11-18)16-37(30(20)40)25-7-8-27(38)34-29(25)39/h3-6,11-13,25H,7-10,15-16H2,1-2H3,(H,34,38,39). The van der Waals surface area contributed by atoms with E-state index in [1.165, 1.54) is 0 Å². The van der Waals surface area contributed by atoms with E-state index in [0.717, 1.165) is 52.4 Å². The molecule has 3 aliphatic rings. The Hall–Kier alpha value is -4.42. The van der Waals surface area contributed by atoms with Crippen LogP contribution >= 0.6 is 11.6 Å². The number of amides is 3. The number of hydrogen-bond donors (Lipinski definition) is 1. The molecule has 3 aromatic rings. The molecule has 10 heteroatoms. The molecule has 40 heavy (non-hydrogen) atoms. The van der Waals surface area contributed by atoms with E-state index in [0.29, 0.717) is 35.7 Å². The molecular weight excluding hydrogens is 528 g/mol. The van der Waals surface area contributed by atoms with E-state index in [1.807, 2.05) is 49.3 Å². The van der Waals surface area contributed by atoms with Gasteiger partial charge in [-0.1, -0.05) is 29.8 Å². The van der Waals surface area contributed by atoms with Crippen molar-refractivity contribution in [3.05, 3.63) is 75.3 Å². The van der Waals surface area contributed by atoms with Gasteiger partial charge in [-0.3, -0.25) is 19.7 Å². The molecule has 0 radical (unpaired) electrons. The Morgan fingerprint density at radius 1 is 1.07 bits per heavy atom. The molecule has 0 bridgehead atoms. The lowest BCUT2D eigenvalue weighted by Gasteiger charge is -2.29. The predicted molar refractivity (Wildman–Crippen MR) is 151 cm³/mol. The van der Waals surface area contributed by atoms with Gasteiger partial charge < -0.3 is 14.7 Å². The molecule has 3 amide bonds. The van der Waals surface area contributed by atoms with Crippen LogP contribution in [-0.2, 0) is 29.1 Å². The molecule has 1 fully saturated rings. The average Bonchev–Trinajstić information content (AvgIpc) is 3.48. The molecule has 1 N–H and O–H groups in total. The molecule has 6 rings (SSSR count). The lowest BCUT2D eigenvalue weighted by Crippen LogP contribution is -2.52. The summed E-state index contributed by atoms with van der Waals surface area (Å²) in [6, 6.07) is 14.7. The van der Waals surface area contributed by atoms with Gasteiger partial charge in [-0.05, 0) is 53.8 Å². The first kappa shape index (κ1) is 25.8. The fourth-order valence-electron chi connectivity index (χ4n) is 5.78. The fourth-order valence-corrected chi connectivity index (χ4v) is 6.06. The molecule has 3 aliphatic heterocycles. The summed E-state index contributed by atoms with van der Waals surface area (Å²) >= 11 is 6.62. The third kappa shape index (κ3) is 4.44. The highest BCUT2D eigenvalue weighted by atomic mass is 35.5. The minimum atomic E-state index is -0.632. The average molecular weight is 555 g/mol. The maximum absolute atomic E-state index is 13.1. The van der Waals surface area contributed by atoms with E-state index < -0.39 is 11.9 Å². The molecule has 4 heterocycles. The highest BCUT2D eigenvalue weighted by molar-refractivity contribution is 6.33. The minimum Gasteiger partial charge on any atom is -0.363 e. The van der Waals surface area contributed by atoms with Gasteiger partial charge >= 0.3 is 0 Å². The Labute approximate surface area is 237 Å². The van der Waals surface area contributed by atoms with E-state index in [-0.39, 0.29) is 18.2 Å². The normalized spacial score (nSPS) is 17.9. The van der Waals surface area contributed by atoms with Crippen molar-refractivity contribution in [1.29, 1.82) is 5.26 Å². The number of aromatic nitrogens is 1. The zero-order chi connectivity index (χ0) is 28.1. The second-order valence-corrected chi connectivity index (χ2v) is 11.0. The third-order valence-corrected chi connectivity index (χ3v) is 8.14. The molecule has 0 saturated carbocycles. The number of halogens is 1. The predicted octanol–water partition coefficient (Wildman–Crippen LogP) is 3.66. The lowest BCUT2D eigenvalue weighted by molar-refractivity contribution is -0.136. The zero-order valence-electron chi connectivity index (χ0n) is 22.2. The Morgan fingerprint density at radius 3 is 2.60 bits per heavy atom. The number of fused-ring (bicyclic) bond motifs is 2. The summed E-state index contributed by atoms with van der Waals surface area (Å²) in [5.74, 6) is 0.814.